The molecule has 104 valence electrons. The lowest BCUT2D eigenvalue weighted by molar-refractivity contribution is -0.153. The molecule has 0 saturated carbocycles. The van der Waals surface area contributed by atoms with Crippen LogP contribution in [0, 0.1) is 5.92 Å². The molecule has 2 rings (SSSR count). The van der Waals surface area contributed by atoms with Gasteiger partial charge in [-0.25, -0.2) is 0 Å². The fourth-order valence-corrected chi connectivity index (χ4v) is 2.13. The van der Waals surface area contributed by atoms with Crippen molar-refractivity contribution in [2.75, 3.05) is 32.2 Å². The van der Waals surface area contributed by atoms with E-state index in [2.05, 4.69) is 0 Å². The molecule has 1 fully saturated rings. The van der Waals surface area contributed by atoms with Gasteiger partial charge >= 0.3 is 5.97 Å². The lowest BCUT2D eigenvalue weighted by atomic mass is 10.0. The summed E-state index contributed by atoms with van der Waals surface area (Å²) in [6, 6.07) is 8.03. The van der Waals surface area contributed by atoms with E-state index < -0.39 is 0 Å². The van der Waals surface area contributed by atoms with E-state index in [9.17, 15) is 4.79 Å². The van der Waals surface area contributed by atoms with Gasteiger partial charge in [-0.1, -0.05) is 12.1 Å². The largest absolute Gasteiger partial charge is 0.461 e. The Morgan fingerprint density at radius 3 is 2.79 bits per heavy atom. The molecule has 0 spiro atoms. The summed E-state index contributed by atoms with van der Waals surface area (Å²) in [6.45, 7) is 1.67. The third kappa shape index (κ3) is 3.96. The van der Waals surface area contributed by atoms with Crippen LogP contribution in [0.25, 0.3) is 0 Å². The second-order valence-corrected chi connectivity index (χ2v) is 5.06. The van der Waals surface area contributed by atoms with E-state index >= 15 is 0 Å². The number of rotatable bonds is 4. The minimum Gasteiger partial charge on any atom is -0.461 e. The summed E-state index contributed by atoms with van der Waals surface area (Å²) in [7, 11) is 3.99. The van der Waals surface area contributed by atoms with Crippen LogP contribution in [0.2, 0.25) is 0 Å². The van der Waals surface area contributed by atoms with Gasteiger partial charge in [0.25, 0.3) is 0 Å². The number of carbonyl (C=O) groups excluding carboxylic acids is 1. The monoisotopic (exact) mass is 263 g/mol. The van der Waals surface area contributed by atoms with Crippen molar-refractivity contribution in [2.45, 2.75) is 19.4 Å². The molecule has 0 bridgehead atoms. The summed E-state index contributed by atoms with van der Waals surface area (Å²) in [5, 5.41) is 0. The Bertz CT molecular complexity index is 425. The van der Waals surface area contributed by atoms with Crippen molar-refractivity contribution in [1.29, 1.82) is 0 Å². The summed E-state index contributed by atoms with van der Waals surface area (Å²) in [6.07, 6.45) is 1.55. The Morgan fingerprint density at radius 2 is 2.11 bits per heavy atom. The maximum atomic E-state index is 11.9. The summed E-state index contributed by atoms with van der Waals surface area (Å²) >= 11 is 0. The van der Waals surface area contributed by atoms with Crippen LogP contribution in [0.1, 0.15) is 18.4 Å². The molecule has 4 nitrogen and oxygen atoms in total. The fourth-order valence-electron chi connectivity index (χ4n) is 2.13. The van der Waals surface area contributed by atoms with Crippen molar-refractivity contribution < 1.29 is 14.3 Å². The van der Waals surface area contributed by atoms with Gasteiger partial charge in [0.1, 0.15) is 6.61 Å². The average molecular weight is 263 g/mol. The van der Waals surface area contributed by atoms with Gasteiger partial charge in [-0.15, -0.1) is 0 Å². The molecule has 1 saturated heterocycles. The summed E-state index contributed by atoms with van der Waals surface area (Å²) in [5.74, 6) is -0.0932. The Morgan fingerprint density at radius 1 is 1.37 bits per heavy atom. The number of benzene rings is 1. The molecule has 0 aromatic heterocycles. The first kappa shape index (κ1) is 13.9. The predicted octanol–water partition coefficient (Wildman–Crippen LogP) is 2.22. The second-order valence-electron chi connectivity index (χ2n) is 5.06. The van der Waals surface area contributed by atoms with Crippen LogP contribution < -0.4 is 4.90 Å². The van der Waals surface area contributed by atoms with Crippen molar-refractivity contribution in [1.82, 2.24) is 0 Å². The Hall–Kier alpha value is -1.55. The highest BCUT2D eigenvalue weighted by molar-refractivity contribution is 5.72. The summed E-state index contributed by atoms with van der Waals surface area (Å²) in [4.78, 5) is 13.9. The van der Waals surface area contributed by atoms with Crippen molar-refractivity contribution in [3.8, 4) is 0 Å². The van der Waals surface area contributed by atoms with E-state index in [4.69, 9.17) is 9.47 Å². The number of anilines is 1. The molecule has 1 heterocycles. The molecule has 0 unspecified atom stereocenters. The average Bonchev–Trinajstić information content (AvgIpc) is 2.46. The normalized spacial score (nSPS) is 16.1. The summed E-state index contributed by atoms with van der Waals surface area (Å²) in [5.41, 5.74) is 2.13. The lowest BCUT2D eigenvalue weighted by Crippen LogP contribution is -2.25. The van der Waals surface area contributed by atoms with Gasteiger partial charge in [0, 0.05) is 33.0 Å². The van der Waals surface area contributed by atoms with Crippen molar-refractivity contribution in [3.05, 3.63) is 29.8 Å². The van der Waals surface area contributed by atoms with Crippen LogP contribution in [-0.2, 0) is 20.9 Å². The van der Waals surface area contributed by atoms with Crippen LogP contribution in [-0.4, -0.2) is 33.3 Å². The maximum Gasteiger partial charge on any atom is 0.309 e. The van der Waals surface area contributed by atoms with Gasteiger partial charge in [-0.2, -0.15) is 0 Å². The molecule has 0 radical (unpaired) electrons. The van der Waals surface area contributed by atoms with Gasteiger partial charge in [0.2, 0.25) is 0 Å². The molecule has 0 amide bonds. The van der Waals surface area contributed by atoms with E-state index in [1.807, 2.05) is 43.3 Å². The van der Waals surface area contributed by atoms with Crippen LogP contribution in [0.4, 0.5) is 5.69 Å². The van der Waals surface area contributed by atoms with Crippen LogP contribution in [0.5, 0.6) is 0 Å². The molecule has 4 heteroatoms. The molecule has 0 aliphatic carbocycles. The third-order valence-electron chi connectivity index (χ3n) is 3.36. The van der Waals surface area contributed by atoms with E-state index in [0.29, 0.717) is 19.8 Å². The molecule has 0 N–H and O–H groups in total. The van der Waals surface area contributed by atoms with Crippen molar-refractivity contribution >= 4 is 11.7 Å². The zero-order valence-corrected chi connectivity index (χ0v) is 11.6. The number of ether oxygens (including phenoxy) is 2. The molecular formula is C15H21NO3. The van der Waals surface area contributed by atoms with E-state index in [1.54, 1.807) is 0 Å². The van der Waals surface area contributed by atoms with Crippen molar-refractivity contribution in [3.63, 3.8) is 0 Å². The van der Waals surface area contributed by atoms with Gasteiger partial charge < -0.3 is 14.4 Å². The predicted molar refractivity (Wildman–Crippen MR) is 74.1 cm³/mol. The highest BCUT2D eigenvalue weighted by Gasteiger charge is 2.22. The smallest absolute Gasteiger partial charge is 0.309 e. The maximum absolute atomic E-state index is 11.9. The second kappa shape index (κ2) is 6.57. The van der Waals surface area contributed by atoms with Gasteiger partial charge in [0.15, 0.2) is 0 Å². The van der Waals surface area contributed by atoms with Crippen LogP contribution in [0.15, 0.2) is 24.3 Å². The van der Waals surface area contributed by atoms with E-state index in [0.717, 1.165) is 24.1 Å². The lowest BCUT2D eigenvalue weighted by Gasteiger charge is -2.20. The SMILES string of the molecule is CN(C)c1cccc(COC(=O)C2CCOCC2)c1. The minimum absolute atomic E-state index is 0.00535. The zero-order chi connectivity index (χ0) is 13.7. The standard InChI is InChI=1S/C15H21NO3/c1-16(2)14-5-3-4-12(10-14)11-19-15(17)13-6-8-18-9-7-13/h3-5,10,13H,6-9,11H2,1-2H3. The first-order valence-electron chi connectivity index (χ1n) is 6.67. The summed E-state index contributed by atoms with van der Waals surface area (Å²) < 4.78 is 10.6. The Balaban J connectivity index is 1.87. The van der Waals surface area contributed by atoms with E-state index in [1.165, 1.54) is 0 Å². The molecular weight excluding hydrogens is 242 g/mol. The van der Waals surface area contributed by atoms with Crippen LogP contribution in [0.3, 0.4) is 0 Å². The fraction of sp³-hybridized carbons (Fsp3) is 0.533. The Kier molecular flexibility index (Phi) is 4.80. The van der Waals surface area contributed by atoms with E-state index in [-0.39, 0.29) is 11.9 Å². The number of nitrogens with zero attached hydrogens (tertiary/aromatic N) is 1. The van der Waals surface area contributed by atoms with Gasteiger partial charge in [-0.3, -0.25) is 4.79 Å². The molecule has 1 aliphatic heterocycles. The highest BCUT2D eigenvalue weighted by Crippen LogP contribution is 2.18. The molecule has 1 aromatic rings. The topological polar surface area (TPSA) is 38.8 Å². The zero-order valence-electron chi connectivity index (χ0n) is 11.6. The van der Waals surface area contributed by atoms with Crippen molar-refractivity contribution in [2.24, 2.45) is 5.92 Å². The van der Waals surface area contributed by atoms with Gasteiger partial charge in [-0.05, 0) is 30.5 Å². The third-order valence-corrected chi connectivity index (χ3v) is 3.36. The molecule has 19 heavy (non-hydrogen) atoms. The number of carbonyl (C=O) groups is 1. The molecule has 1 aliphatic rings. The molecule has 0 atom stereocenters. The number of hydrogen-bond donors (Lipinski definition) is 0. The molecule has 1 aromatic carbocycles. The minimum atomic E-state index is -0.0986. The number of esters is 1. The number of hydrogen-bond acceptors (Lipinski definition) is 4. The van der Waals surface area contributed by atoms with Crippen LogP contribution >= 0.6 is 0 Å². The highest BCUT2D eigenvalue weighted by atomic mass is 16.5. The van der Waals surface area contributed by atoms with Gasteiger partial charge in [0.05, 0.1) is 5.92 Å². The Labute approximate surface area is 114 Å². The first-order chi connectivity index (χ1) is 9.16. The quantitative estimate of drug-likeness (QED) is 0.781. The first-order valence-corrected chi connectivity index (χ1v) is 6.67.